The number of hydrogen-bond donors (Lipinski definition) is 0. The van der Waals surface area contributed by atoms with Crippen molar-refractivity contribution in [3.63, 3.8) is 0 Å². The van der Waals surface area contributed by atoms with Gasteiger partial charge < -0.3 is 0 Å². The SMILES string of the molecule is C/C1=C(/c2cccc(-c3cccc4c3C(C)(C)c3ccccc3C43c4ccccc4-c4ccccc43)c2)N=C(c2ccccc2)N=C(c2ccccc2)CC1. The minimum atomic E-state index is -0.426. The summed E-state index contributed by atoms with van der Waals surface area (Å²) in [6.07, 6.45) is 1.72. The van der Waals surface area contributed by atoms with Gasteiger partial charge in [0, 0.05) is 16.5 Å². The summed E-state index contributed by atoms with van der Waals surface area (Å²) in [5.41, 5.74) is 19.2. The topological polar surface area (TPSA) is 24.7 Å². The molecule has 1 spiro atoms. The number of nitrogens with zero attached hydrogens (tertiary/aromatic N) is 2. The van der Waals surface area contributed by atoms with Crippen molar-refractivity contribution >= 4 is 17.2 Å². The molecular weight excluding hydrogens is 665 g/mol. The number of rotatable bonds is 4. The van der Waals surface area contributed by atoms with Gasteiger partial charge in [0.2, 0.25) is 0 Å². The fraction of sp³-hybridized carbons (Fsp3) is 0.132. The zero-order chi connectivity index (χ0) is 37.1. The first kappa shape index (κ1) is 33.2. The Kier molecular flexibility index (Phi) is 7.78. The van der Waals surface area contributed by atoms with Crippen LogP contribution in [-0.4, -0.2) is 11.5 Å². The molecule has 0 saturated carbocycles. The Morgan fingerprint density at radius 2 is 0.927 bits per heavy atom. The highest BCUT2D eigenvalue weighted by atomic mass is 14.9. The van der Waals surface area contributed by atoms with Crippen LogP contribution in [-0.2, 0) is 10.8 Å². The van der Waals surface area contributed by atoms with E-state index in [0.717, 1.165) is 46.8 Å². The van der Waals surface area contributed by atoms with Crippen LogP contribution in [0.2, 0.25) is 0 Å². The van der Waals surface area contributed by atoms with Crippen molar-refractivity contribution in [2.75, 3.05) is 0 Å². The van der Waals surface area contributed by atoms with E-state index in [-0.39, 0.29) is 5.41 Å². The van der Waals surface area contributed by atoms with E-state index in [0.29, 0.717) is 0 Å². The summed E-state index contributed by atoms with van der Waals surface area (Å²) in [5, 5.41) is 0. The lowest BCUT2D eigenvalue weighted by Gasteiger charge is -2.47. The Morgan fingerprint density at radius 3 is 1.62 bits per heavy atom. The summed E-state index contributed by atoms with van der Waals surface area (Å²) in [6, 6.07) is 64.3. The van der Waals surface area contributed by atoms with Crippen molar-refractivity contribution in [1.29, 1.82) is 0 Å². The lowest BCUT2D eigenvalue weighted by molar-refractivity contribution is 0.565. The average Bonchev–Trinajstić information content (AvgIpc) is 3.53. The van der Waals surface area contributed by atoms with Gasteiger partial charge in [-0.05, 0) is 92.6 Å². The van der Waals surface area contributed by atoms with Crippen molar-refractivity contribution in [3.8, 4) is 22.3 Å². The smallest absolute Gasteiger partial charge is 0.160 e. The molecular formula is C53H42N2. The minimum absolute atomic E-state index is 0.257. The zero-order valence-corrected chi connectivity index (χ0v) is 31.6. The molecule has 0 saturated heterocycles. The third-order valence-electron chi connectivity index (χ3n) is 12.2. The fourth-order valence-corrected chi connectivity index (χ4v) is 9.76. The van der Waals surface area contributed by atoms with Gasteiger partial charge in [-0.15, -0.1) is 0 Å². The molecule has 55 heavy (non-hydrogen) atoms. The van der Waals surface area contributed by atoms with Gasteiger partial charge in [-0.2, -0.15) is 0 Å². The van der Waals surface area contributed by atoms with Gasteiger partial charge in [-0.3, -0.25) is 0 Å². The van der Waals surface area contributed by atoms with Crippen molar-refractivity contribution in [1.82, 2.24) is 0 Å². The molecule has 1 heterocycles. The maximum Gasteiger partial charge on any atom is 0.160 e. The Labute approximate surface area is 324 Å². The molecule has 0 fully saturated rings. The number of aliphatic imine (C=N–C) groups is 2. The van der Waals surface area contributed by atoms with Gasteiger partial charge in [-0.25, -0.2) is 9.98 Å². The molecule has 0 bridgehead atoms. The molecule has 2 heteroatoms. The summed E-state index contributed by atoms with van der Waals surface area (Å²) in [6.45, 7) is 7.07. The number of fused-ring (bicyclic) bond motifs is 9. The Hall–Kier alpha value is -6.38. The summed E-state index contributed by atoms with van der Waals surface area (Å²) in [7, 11) is 0. The van der Waals surface area contributed by atoms with E-state index in [4.69, 9.17) is 9.98 Å². The van der Waals surface area contributed by atoms with Gasteiger partial charge in [0.15, 0.2) is 5.84 Å². The number of benzene rings is 7. The molecule has 0 aromatic heterocycles. The van der Waals surface area contributed by atoms with Gasteiger partial charge in [-0.1, -0.05) is 184 Å². The van der Waals surface area contributed by atoms with Crippen molar-refractivity contribution in [2.45, 2.75) is 44.4 Å². The van der Waals surface area contributed by atoms with Crippen LogP contribution in [0.1, 0.15) is 83.7 Å². The summed E-state index contributed by atoms with van der Waals surface area (Å²) in [4.78, 5) is 10.7. The molecule has 0 atom stereocenters. The normalized spacial score (nSPS) is 17.5. The van der Waals surface area contributed by atoms with Crippen LogP contribution < -0.4 is 0 Å². The number of hydrogen-bond acceptors (Lipinski definition) is 2. The maximum atomic E-state index is 5.43. The quantitative estimate of drug-likeness (QED) is 0.174. The van der Waals surface area contributed by atoms with Crippen molar-refractivity contribution in [2.24, 2.45) is 9.98 Å². The molecule has 1 aliphatic heterocycles. The third-order valence-corrected chi connectivity index (χ3v) is 12.2. The highest BCUT2D eigenvalue weighted by Gasteiger charge is 2.53. The third kappa shape index (κ3) is 5.08. The summed E-state index contributed by atoms with van der Waals surface area (Å²) in [5.74, 6) is 0.745. The largest absolute Gasteiger partial charge is 0.232 e. The van der Waals surface area contributed by atoms with E-state index >= 15 is 0 Å². The first-order valence-electron chi connectivity index (χ1n) is 19.5. The minimum Gasteiger partial charge on any atom is -0.232 e. The average molecular weight is 707 g/mol. The van der Waals surface area contributed by atoms with E-state index in [1.165, 1.54) is 61.2 Å². The lowest BCUT2D eigenvalue weighted by atomic mass is 9.54. The Balaban J connectivity index is 1.18. The second kappa shape index (κ2) is 12.9. The summed E-state index contributed by atoms with van der Waals surface area (Å²) >= 11 is 0. The highest BCUT2D eigenvalue weighted by molar-refractivity contribution is 6.14. The second-order valence-electron chi connectivity index (χ2n) is 15.7. The van der Waals surface area contributed by atoms with Gasteiger partial charge in [0.05, 0.1) is 16.8 Å². The molecule has 0 N–H and O–H groups in total. The van der Waals surface area contributed by atoms with Crippen molar-refractivity contribution in [3.05, 3.63) is 232 Å². The summed E-state index contributed by atoms with van der Waals surface area (Å²) < 4.78 is 0. The molecule has 7 aromatic carbocycles. The van der Waals surface area contributed by atoms with Crippen LogP contribution >= 0.6 is 0 Å². The van der Waals surface area contributed by atoms with E-state index in [1.54, 1.807) is 0 Å². The van der Waals surface area contributed by atoms with Crippen molar-refractivity contribution < 1.29 is 0 Å². The molecule has 0 radical (unpaired) electrons. The standard InChI is InChI=1S/C53H42N2/c1-35-32-33-48(36-18-6-4-7-19-36)54-51(37-20-8-5-9-21-37)55-50(35)39-23-16-22-38(34-39)40-26-17-31-47-49(40)52(2,3)45-29-14-15-30-46(45)53(47)43-27-12-10-24-41(43)42-25-11-13-28-44(42)53/h4-31,34H,32-33H2,1-3H3/b50-35+,54-48?,55-51?. The Morgan fingerprint density at radius 1 is 0.418 bits per heavy atom. The van der Waals surface area contributed by atoms with E-state index in [2.05, 4.69) is 191 Å². The van der Waals surface area contributed by atoms with Crippen LogP contribution in [0.4, 0.5) is 0 Å². The van der Waals surface area contributed by atoms with Crippen LogP contribution in [0.25, 0.3) is 28.0 Å². The fourth-order valence-electron chi connectivity index (χ4n) is 9.76. The molecule has 2 aliphatic carbocycles. The predicted octanol–water partition coefficient (Wildman–Crippen LogP) is 12.8. The van der Waals surface area contributed by atoms with Crippen LogP contribution in [0, 0.1) is 0 Å². The second-order valence-corrected chi connectivity index (χ2v) is 15.7. The molecule has 10 rings (SSSR count). The van der Waals surface area contributed by atoms with Crippen LogP contribution in [0.5, 0.6) is 0 Å². The Bertz CT molecular complexity index is 2680. The molecule has 0 amide bonds. The maximum absolute atomic E-state index is 5.43. The molecule has 264 valence electrons. The molecule has 2 nitrogen and oxygen atoms in total. The first-order chi connectivity index (χ1) is 27.0. The van der Waals surface area contributed by atoms with E-state index < -0.39 is 5.41 Å². The monoisotopic (exact) mass is 706 g/mol. The van der Waals surface area contributed by atoms with Gasteiger partial charge >= 0.3 is 0 Å². The molecule has 7 aromatic rings. The first-order valence-corrected chi connectivity index (χ1v) is 19.5. The van der Waals surface area contributed by atoms with Gasteiger partial charge in [0.1, 0.15) is 0 Å². The zero-order valence-electron chi connectivity index (χ0n) is 31.6. The van der Waals surface area contributed by atoms with E-state index in [9.17, 15) is 0 Å². The number of allylic oxidation sites excluding steroid dienone is 1. The van der Waals surface area contributed by atoms with E-state index in [1.807, 2.05) is 6.07 Å². The number of amidine groups is 1. The highest BCUT2D eigenvalue weighted by Crippen LogP contribution is 2.63. The lowest BCUT2D eigenvalue weighted by Crippen LogP contribution is -2.41. The van der Waals surface area contributed by atoms with Crippen LogP contribution in [0.15, 0.2) is 191 Å². The predicted molar refractivity (Wildman–Crippen MR) is 229 cm³/mol. The molecule has 3 aliphatic rings. The molecule has 0 unspecified atom stereocenters. The van der Waals surface area contributed by atoms with Gasteiger partial charge in [0.25, 0.3) is 0 Å². The van der Waals surface area contributed by atoms with Crippen LogP contribution in [0.3, 0.4) is 0 Å².